The van der Waals surface area contributed by atoms with Crippen molar-refractivity contribution in [1.29, 1.82) is 0 Å². The standard InChI is InChI=1S/C38H78O3/c1-3-5-7-9-11-13-15-17-19-21-23-25-27-29-33-39-35-31-37-41-38-32-36-40-34-30-28-26-24-22-20-18-16-14-12-10-8-6-4-2/h3-38H2,1-2H3. The predicted molar refractivity (Wildman–Crippen MR) is 182 cm³/mol. The van der Waals surface area contributed by atoms with Crippen molar-refractivity contribution < 1.29 is 14.2 Å². The molecule has 0 saturated carbocycles. The van der Waals surface area contributed by atoms with Crippen molar-refractivity contribution in [2.75, 3.05) is 39.6 Å². The third-order valence-electron chi connectivity index (χ3n) is 8.44. The van der Waals surface area contributed by atoms with Crippen LogP contribution in [0.1, 0.15) is 206 Å². The molecular weight excluding hydrogens is 504 g/mol. The number of ether oxygens (including phenoxy) is 3. The van der Waals surface area contributed by atoms with E-state index in [4.69, 9.17) is 14.2 Å². The molecule has 248 valence electrons. The maximum absolute atomic E-state index is 5.78. The van der Waals surface area contributed by atoms with Gasteiger partial charge >= 0.3 is 0 Å². The molecule has 0 radical (unpaired) electrons. The summed E-state index contributed by atoms with van der Waals surface area (Å²) in [4.78, 5) is 0. The third kappa shape index (κ3) is 39.9. The minimum atomic E-state index is 0.817. The highest BCUT2D eigenvalue weighted by Crippen LogP contribution is 2.14. The van der Waals surface area contributed by atoms with E-state index in [0.29, 0.717) is 0 Å². The summed E-state index contributed by atoms with van der Waals surface area (Å²) in [5.74, 6) is 0. The highest BCUT2D eigenvalue weighted by molar-refractivity contribution is 4.51. The lowest BCUT2D eigenvalue weighted by Gasteiger charge is -2.07. The molecule has 3 nitrogen and oxygen atoms in total. The molecule has 0 aromatic carbocycles. The maximum atomic E-state index is 5.78. The van der Waals surface area contributed by atoms with Gasteiger partial charge < -0.3 is 14.2 Å². The molecule has 0 aromatic rings. The first kappa shape index (κ1) is 40.9. The Bertz CT molecular complexity index is 390. The Hall–Kier alpha value is -0.120. The quantitative estimate of drug-likeness (QED) is 0.0678. The normalized spacial score (nSPS) is 11.6. The minimum absolute atomic E-state index is 0.817. The summed E-state index contributed by atoms with van der Waals surface area (Å²) in [6.07, 6.45) is 41.5. The molecule has 0 N–H and O–H groups in total. The number of rotatable bonds is 38. The second kappa shape index (κ2) is 39.9. The molecule has 0 aromatic heterocycles. The molecule has 41 heavy (non-hydrogen) atoms. The van der Waals surface area contributed by atoms with Gasteiger partial charge in [0.1, 0.15) is 0 Å². The van der Waals surface area contributed by atoms with E-state index >= 15 is 0 Å². The fourth-order valence-corrected chi connectivity index (χ4v) is 5.63. The first-order valence-electron chi connectivity index (χ1n) is 19.1. The minimum Gasteiger partial charge on any atom is -0.381 e. The summed E-state index contributed by atoms with van der Waals surface area (Å²) in [7, 11) is 0. The summed E-state index contributed by atoms with van der Waals surface area (Å²) >= 11 is 0. The van der Waals surface area contributed by atoms with Gasteiger partial charge in [0.25, 0.3) is 0 Å². The maximum Gasteiger partial charge on any atom is 0.0488 e. The highest BCUT2D eigenvalue weighted by atomic mass is 16.5. The van der Waals surface area contributed by atoms with Crippen molar-refractivity contribution in [2.24, 2.45) is 0 Å². The Morgan fingerprint density at radius 2 is 0.366 bits per heavy atom. The van der Waals surface area contributed by atoms with E-state index in [0.717, 1.165) is 52.5 Å². The molecule has 0 unspecified atom stereocenters. The summed E-state index contributed by atoms with van der Waals surface area (Å²) in [6, 6.07) is 0. The van der Waals surface area contributed by atoms with Crippen LogP contribution in [-0.4, -0.2) is 39.6 Å². The summed E-state index contributed by atoms with van der Waals surface area (Å²) in [5.41, 5.74) is 0. The Kier molecular flexibility index (Phi) is 39.8. The van der Waals surface area contributed by atoms with Gasteiger partial charge in [-0.2, -0.15) is 0 Å². The molecule has 0 amide bonds. The molecule has 0 fully saturated rings. The van der Waals surface area contributed by atoms with Crippen LogP contribution >= 0.6 is 0 Å². The Balaban J connectivity index is 3.02. The van der Waals surface area contributed by atoms with Crippen molar-refractivity contribution in [1.82, 2.24) is 0 Å². The van der Waals surface area contributed by atoms with Crippen LogP contribution in [0.3, 0.4) is 0 Å². The van der Waals surface area contributed by atoms with Crippen LogP contribution in [0, 0.1) is 0 Å². The lowest BCUT2D eigenvalue weighted by Crippen LogP contribution is -2.05. The van der Waals surface area contributed by atoms with Gasteiger partial charge in [0.2, 0.25) is 0 Å². The molecule has 0 saturated heterocycles. The van der Waals surface area contributed by atoms with Crippen LogP contribution in [0.5, 0.6) is 0 Å². The van der Waals surface area contributed by atoms with E-state index < -0.39 is 0 Å². The zero-order chi connectivity index (χ0) is 29.6. The van der Waals surface area contributed by atoms with Crippen molar-refractivity contribution >= 4 is 0 Å². The van der Waals surface area contributed by atoms with Gasteiger partial charge in [0, 0.05) is 39.6 Å². The van der Waals surface area contributed by atoms with Crippen molar-refractivity contribution in [3.05, 3.63) is 0 Å². The van der Waals surface area contributed by atoms with E-state index in [1.165, 1.54) is 180 Å². The lowest BCUT2D eigenvalue weighted by molar-refractivity contribution is 0.0618. The Morgan fingerprint density at radius 3 is 0.585 bits per heavy atom. The fraction of sp³-hybridized carbons (Fsp3) is 1.00. The Labute approximate surface area is 260 Å². The molecule has 3 heteroatoms. The van der Waals surface area contributed by atoms with E-state index in [1.807, 2.05) is 0 Å². The summed E-state index contributed by atoms with van der Waals surface area (Å²) in [5, 5.41) is 0. The van der Waals surface area contributed by atoms with E-state index in [2.05, 4.69) is 13.8 Å². The molecule has 0 atom stereocenters. The third-order valence-corrected chi connectivity index (χ3v) is 8.44. The largest absolute Gasteiger partial charge is 0.381 e. The molecule has 0 heterocycles. The molecule has 0 spiro atoms. The molecular formula is C38H78O3. The Morgan fingerprint density at radius 1 is 0.195 bits per heavy atom. The van der Waals surface area contributed by atoms with Crippen LogP contribution < -0.4 is 0 Å². The van der Waals surface area contributed by atoms with Crippen LogP contribution in [0.4, 0.5) is 0 Å². The monoisotopic (exact) mass is 583 g/mol. The molecule has 0 aliphatic rings. The first-order chi connectivity index (χ1) is 20.4. The van der Waals surface area contributed by atoms with Gasteiger partial charge in [0.15, 0.2) is 0 Å². The fourth-order valence-electron chi connectivity index (χ4n) is 5.63. The highest BCUT2D eigenvalue weighted by Gasteiger charge is 1.97. The van der Waals surface area contributed by atoms with Gasteiger partial charge in [-0.15, -0.1) is 0 Å². The van der Waals surface area contributed by atoms with Crippen LogP contribution in [0.25, 0.3) is 0 Å². The van der Waals surface area contributed by atoms with Gasteiger partial charge in [-0.25, -0.2) is 0 Å². The first-order valence-corrected chi connectivity index (χ1v) is 19.1. The van der Waals surface area contributed by atoms with Gasteiger partial charge in [0.05, 0.1) is 0 Å². The average Bonchev–Trinajstić information content (AvgIpc) is 2.98. The van der Waals surface area contributed by atoms with Crippen LogP contribution in [0.2, 0.25) is 0 Å². The average molecular weight is 583 g/mol. The predicted octanol–water partition coefficient (Wildman–Crippen LogP) is 12.8. The van der Waals surface area contributed by atoms with Gasteiger partial charge in [-0.05, 0) is 25.7 Å². The number of unbranched alkanes of at least 4 members (excludes halogenated alkanes) is 26. The van der Waals surface area contributed by atoms with E-state index in [-0.39, 0.29) is 0 Å². The molecule has 0 rings (SSSR count). The molecule has 0 bridgehead atoms. The van der Waals surface area contributed by atoms with Crippen LogP contribution in [-0.2, 0) is 14.2 Å². The van der Waals surface area contributed by atoms with Crippen molar-refractivity contribution in [2.45, 2.75) is 206 Å². The lowest BCUT2D eigenvalue weighted by atomic mass is 10.0. The summed E-state index contributed by atoms with van der Waals surface area (Å²) in [6.45, 7) is 9.75. The van der Waals surface area contributed by atoms with Crippen LogP contribution in [0.15, 0.2) is 0 Å². The van der Waals surface area contributed by atoms with E-state index in [1.54, 1.807) is 0 Å². The smallest absolute Gasteiger partial charge is 0.0488 e. The molecule has 0 aliphatic carbocycles. The van der Waals surface area contributed by atoms with E-state index in [9.17, 15) is 0 Å². The zero-order valence-electron chi connectivity index (χ0n) is 28.7. The molecule has 0 aliphatic heterocycles. The summed E-state index contributed by atoms with van der Waals surface area (Å²) < 4.78 is 17.3. The number of hydrogen-bond donors (Lipinski definition) is 0. The number of hydrogen-bond acceptors (Lipinski definition) is 3. The topological polar surface area (TPSA) is 27.7 Å². The van der Waals surface area contributed by atoms with Gasteiger partial charge in [-0.1, -0.05) is 181 Å². The second-order valence-corrected chi connectivity index (χ2v) is 12.7. The zero-order valence-corrected chi connectivity index (χ0v) is 28.7. The SMILES string of the molecule is CCCCCCCCCCCCCCCCOCCCOCCCOCCCCCCCCCCCCCCCC. The van der Waals surface area contributed by atoms with Crippen molar-refractivity contribution in [3.8, 4) is 0 Å². The van der Waals surface area contributed by atoms with Gasteiger partial charge in [-0.3, -0.25) is 0 Å². The second-order valence-electron chi connectivity index (χ2n) is 12.7. The van der Waals surface area contributed by atoms with Crippen molar-refractivity contribution in [3.63, 3.8) is 0 Å².